The molecule has 0 amide bonds. The summed E-state index contributed by atoms with van der Waals surface area (Å²) < 4.78 is 0. The minimum atomic E-state index is 0.908. The third kappa shape index (κ3) is 8.28. The number of rotatable bonds is 0. The summed E-state index contributed by atoms with van der Waals surface area (Å²) in [5.41, 5.74) is 16.5. The predicted molar refractivity (Wildman–Crippen MR) is 210 cm³/mol. The molecule has 6 aromatic rings. The lowest BCUT2D eigenvalue weighted by Crippen LogP contribution is -2.26. The number of nitrogens with zero attached hydrogens (tertiary/aromatic N) is 4. The summed E-state index contributed by atoms with van der Waals surface area (Å²) >= 11 is 0. The van der Waals surface area contributed by atoms with Crippen LogP contribution in [0.25, 0.3) is 0 Å². The van der Waals surface area contributed by atoms with Crippen LogP contribution in [0.3, 0.4) is 0 Å². The van der Waals surface area contributed by atoms with E-state index in [0.29, 0.717) is 0 Å². The molecule has 6 aromatic carbocycles. The molecule has 260 valence electrons. The minimum Gasteiger partial charge on any atom is -0.291 e. The van der Waals surface area contributed by atoms with Gasteiger partial charge in [0.05, 0.1) is 0 Å². The summed E-state index contributed by atoms with van der Waals surface area (Å²) in [6.45, 7) is 11.0. The molecule has 4 aliphatic heterocycles. The van der Waals surface area contributed by atoms with Crippen molar-refractivity contribution >= 4 is 0 Å². The van der Waals surface area contributed by atoms with Gasteiger partial charge in [0, 0.05) is 78.5 Å². The molecule has 0 saturated heterocycles. The zero-order valence-electron chi connectivity index (χ0n) is 30.1. The fourth-order valence-corrected chi connectivity index (χ4v) is 8.73. The second-order valence-corrected chi connectivity index (χ2v) is 15.5. The number of hydrogen-bond acceptors (Lipinski definition) is 4. The fourth-order valence-electron chi connectivity index (χ4n) is 8.73. The first-order chi connectivity index (χ1) is 25.6. The van der Waals surface area contributed by atoms with Crippen molar-refractivity contribution in [3.05, 3.63) is 212 Å². The zero-order valence-corrected chi connectivity index (χ0v) is 30.1. The molecule has 4 aliphatic rings. The van der Waals surface area contributed by atoms with Crippen LogP contribution in [0.2, 0.25) is 0 Å². The molecular formula is C48H48N4. The summed E-state index contributed by atoms with van der Waals surface area (Å²) in [6, 6.07) is 56.0. The number of benzene rings is 6. The maximum absolute atomic E-state index is 2.62. The molecule has 0 spiro atoms. The molecule has 4 heteroatoms. The second-order valence-electron chi connectivity index (χ2n) is 15.5. The molecule has 0 N–H and O–H groups in total. The monoisotopic (exact) mass is 680 g/mol. The maximum Gasteiger partial charge on any atom is 0.0240 e. The summed E-state index contributed by atoms with van der Waals surface area (Å²) in [4.78, 5) is 10.5. The largest absolute Gasteiger partial charge is 0.291 e. The Morgan fingerprint density at radius 3 is 0.423 bits per heavy atom. The van der Waals surface area contributed by atoms with Crippen molar-refractivity contribution in [2.45, 2.75) is 78.5 Å². The standard InChI is InChI=1S/C48H48N4/c1-7-37-19-38(8-1)26-50-28-40-10-2-9-39(20-40)27-49(25-37)33-45-15-5-17-47(23-45)35-51-29-41-11-3-12-42(21-41)30-52(32-44-14-4-13-43(22-44)31-51)36-48-18-6-16-46(24-48)34-50/h1-24H,25-36H2. The van der Waals surface area contributed by atoms with Gasteiger partial charge in [-0.25, -0.2) is 0 Å². The van der Waals surface area contributed by atoms with E-state index in [9.17, 15) is 0 Å². The highest BCUT2D eigenvalue weighted by molar-refractivity contribution is 5.32. The van der Waals surface area contributed by atoms with E-state index in [2.05, 4.69) is 165 Å². The highest BCUT2D eigenvalue weighted by Crippen LogP contribution is 2.25. The SMILES string of the molecule is c1cc2cc(c1)CN1Cc3cccc(c3)CN(C2)Cc2cccc(c2)CN2Cc3cccc(c3)CN(Cc3cccc(c3)C2)Cc2cccc(c2)C1. The smallest absolute Gasteiger partial charge is 0.0240 e. The van der Waals surface area contributed by atoms with Gasteiger partial charge in [-0.05, 0) is 66.8 Å². The Hall–Kier alpha value is -4.84. The van der Waals surface area contributed by atoms with E-state index in [-0.39, 0.29) is 0 Å². The van der Waals surface area contributed by atoms with Crippen molar-refractivity contribution in [2.24, 2.45) is 0 Å². The number of fused-ring (bicyclic) bond motifs is 2. The molecule has 4 heterocycles. The first-order valence-corrected chi connectivity index (χ1v) is 19.0. The maximum atomic E-state index is 2.62. The molecule has 52 heavy (non-hydrogen) atoms. The van der Waals surface area contributed by atoms with Crippen molar-refractivity contribution in [1.82, 2.24) is 19.6 Å². The molecule has 0 aromatic heterocycles. The van der Waals surface area contributed by atoms with E-state index in [0.717, 1.165) is 78.5 Å². The number of hydrogen-bond donors (Lipinski definition) is 0. The summed E-state index contributed by atoms with van der Waals surface area (Å²) in [6.07, 6.45) is 0. The van der Waals surface area contributed by atoms with E-state index >= 15 is 0 Å². The average Bonchev–Trinajstić information content (AvgIpc) is 3.11. The Bertz CT molecular complexity index is 1790. The molecule has 4 nitrogen and oxygen atoms in total. The van der Waals surface area contributed by atoms with E-state index in [1.54, 1.807) is 0 Å². The average molecular weight is 681 g/mol. The van der Waals surface area contributed by atoms with E-state index in [4.69, 9.17) is 0 Å². The molecule has 10 rings (SSSR count). The van der Waals surface area contributed by atoms with E-state index in [1.807, 2.05) is 0 Å². The minimum absolute atomic E-state index is 0.908. The first-order valence-electron chi connectivity index (χ1n) is 19.0. The molecule has 0 saturated carbocycles. The highest BCUT2D eigenvalue weighted by atomic mass is 15.1. The van der Waals surface area contributed by atoms with Crippen LogP contribution in [0.1, 0.15) is 66.8 Å². The fraction of sp³-hybridized carbons (Fsp3) is 0.250. The third-order valence-corrected chi connectivity index (χ3v) is 10.8. The first kappa shape index (κ1) is 33.0. The van der Waals surface area contributed by atoms with Crippen LogP contribution in [0.5, 0.6) is 0 Å². The van der Waals surface area contributed by atoms with Crippen LogP contribution < -0.4 is 0 Å². The van der Waals surface area contributed by atoms with Gasteiger partial charge < -0.3 is 0 Å². The van der Waals surface area contributed by atoms with Gasteiger partial charge in [-0.2, -0.15) is 0 Å². The summed E-state index contributed by atoms with van der Waals surface area (Å²) in [5, 5.41) is 0. The summed E-state index contributed by atoms with van der Waals surface area (Å²) in [7, 11) is 0. The van der Waals surface area contributed by atoms with Crippen molar-refractivity contribution in [2.75, 3.05) is 0 Å². The van der Waals surface area contributed by atoms with Gasteiger partial charge in [-0.15, -0.1) is 0 Å². The van der Waals surface area contributed by atoms with Crippen LogP contribution in [-0.4, -0.2) is 19.6 Å². The summed E-state index contributed by atoms with van der Waals surface area (Å²) in [5.74, 6) is 0. The van der Waals surface area contributed by atoms with Crippen LogP contribution in [0, 0.1) is 0 Å². The zero-order chi connectivity index (χ0) is 34.7. The van der Waals surface area contributed by atoms with Crippen LogP contribution in [0.4, 0.5) is 0 Å². The topological polar surface area (TPSA) is 13.0 Å². The second kappa shape index (κ2) is 15.0. The quantitative estimate of drug-likeness (QED) is 0.159. The van der Waals surface area contributed by atoms with Gasteiger partial charge in [-0.3, -0.25) is 19.6 Å². The Morgan fingerprint density at radius 2 is 0.308 bits per heavy atom. The Labute approximate surface area is 309 Å². The van der Waals surface area contributed by atoms with E-state index in [1.165, 1.54) is 66.8 Å². The molecule has 0 radical (unpaired) electrons. The van der Waals surface area contributed by atoms with Crippen molar-refractivity contribution in [3.63, 3.8) is 0 Å². The van der Waals surface area contributed by atoms with E-state index < -0.39 is 0 Å². The highest BCUT2D eigenvalue weighted by Gasteiger charge is 2.18. The van der Waals surface area contributed by atoms with Crippen molar-refractivity contribution in [1.29, 1.82) is 0 Å². The van der Waals surface area contributed by atoms with Crippen LogP contribution >= 0.6 is 0 Å². The van der Waals surface area contributed by atoms with Crippen LogP contribution in [-0.2, 0) is 78.5 Å². The normalized spacial score (nSPS) is 21.7. The lowest BCUT2D eigenvalue weighted by Gasteiger charge is -2.28. The van der Waals surface area contributed by atoms with Gasteiger partial charge in [0.25, 0.3) is 0 Å². The Kier molecular flexibility index (Phi) is 9.54. The molecule has 0 aliphatic carbocycles. The Morgan fingerprint density at radius 1 is 0.192 bits per heavy atom. The van der Waals surface area contributed by atoms with Gasteiger partial charge in [-0.1, -0.05) is 146 Å². The van der Waals surface area contributed by atoms with Crippen molar-refractivity contribution in [3.8, 4) is 0 Å². The molecule has 0 fully saturated rings. The Balaban J connectivity index is 1.15. The molecule has 0 atom stereocenters. The molecule has 0 unspecified atom stereocenters. The molecule has 16 bridgehead atoms. The predicted octanol–water partition coefficient (Wildman–Crippen LogP) is 9.44. The van der Waals surface area contributed by atoms with Gasteiger partial charge in [0.2, 0.25) is 0 Å². The van der Waals surface area contributed by atoms with Crippen LogP contribution in [0.15, 0.2) is 146 Å². The molecular weight excluding hydrogens is 633 g/mol. The van der Waals surface area contributed by atoms with Gasteiger partial charge in [0.15, 0.2) is 0 Å². The third-order valence-electron chi connectivity index (χ3n) is 10.8. The lowest BCUT2D eigenvalue weighted by molar-refractivity contribution is 0.235. The lowest BCUT2D eigenvalue weighted by atomic mass is 10.0. The van der Waals surface area contributed by atoms with Gasteiger partial charge in [0.1, 0.15) is 0 Å². The van der Waals surface area contributed by atoms with Gasteiger partial charge >= 0.3 is 0 Å². The van der Waals surface area contributed by atoms with Crippen molar-refractivity contribution < 1.29 is 0 Å².